The number of nitrogen functional groups attached to an aromatic ring is 3. The van der Waals surface area contributed by atoms with Crippen molar-refractivity contribution in [3.05, 3.63) is 17.3 Å². The summed E-state index contributed by atoms with van der Waals surface area (Å²) in [5, 5.41) is 11.3. The molecule has 0 aliphatic heterocycles. The van der Waals surface area contributed by atoms with Crippen LogP contribution in [0.4, 0.5) is 22.7 Å². The minimum absolute atomic E-state index is 0.122. The lowest BCUT2D eigenvalue weighted by Gasteiger charge is -2.28. The molecule has 1 aromatic rings. The number of nitrogens with two attached hydrogens (primary N) is 3. The Hall–Kier alpha value is -1.66. The highest BCUT2D eigenvalue weighted by Crippen LogP contribution is 2.32. The zero-order chi connectivity index (χ0) is 10.0. The van der Waals surface area contributed by atoms with Crippen molar-refractivity contribution in [1.82, 2.24) is 0 Å². The normalized spacial score (nSPS) is 10.0. The van der Waals surface area contributed by atoms with Gasteiger partial charge in [0.05, 0.1) is 29.9 Å². The molecule has 6 nitrogen and oxygen atoms in total. The summed E-state index contributed by atoms with van der Waals surface area (Å²) >= 11 is 0. The summed E-state index contributed by atoms with van der Waals surface area (Å²) in [5.41, 5.74) is 17.3. The maximum absolute atomic E-state index is 11.0. The van der Waals surface area contributed by atoms with Crippen LogP contribution in [0.1, 0.15) is 0 Å². The van der Waals surface area contributed by atoms with Crippen LogP contribution < -0.4 is 22.4 Å². The van der Waals surface area contributed by atoms with E-state index >= 15 is 0 Å². The van der Waals surface area contributed by atoms with Crippen LogP contribution in [-0.4, -0.2) is 7.11 Å². The number of anilines is 4. The first-order chi connectivity index (χ1) is 6.07. The van der Waals surface area contributed by atoms with E-state index in [9.17, 15) is 5.21 Å². The Balaban J connectivity index is 3.18. The Labute approximate surface area is 75.4 Å². The molecule has 0 unspecified atom stereocenters. The van der Waals surface area contributed by atoms with Crippen LogP contribution in [0.2, 0.25) is 0 Å². The highest BCUT2D eigenvalue weighted by Gasteiger charge is 2.06. The van der Waals surface area contributed by atoms with Crippen molar-refractivity contribution in [2.24, 2.45) is 0 Å². The lowest BCUT2D eigenvalue weighted by Crippen LogP contribution is -2.15. The maximum Gasteiger partial charge on any atom is 0.0820 e. The lowest BCUT2D eigenvalue weighted by molar-refractivity contribution is 0.198. The van der Waals surface area contributed by atoms with Crippen LogP contribution in [0, 0.1) is 5.21 Å². The quantitative estimate of drug-likeness (QED) is 0.448. The van der Waals surface area contributed by atoms with E-state index in [1.807, 2.05) is 0 Å². The molecule has 6 heteroatoms. The minimum Gasteiger partial charge on any atom is -0.733 e. The monoisotopic (exact) mass is 183 g/mol. The number of benzene rings is 1. The van der Waals surface area contributed by atoms with Gasteiger partial charge in [0.15, 0.2) is 0 Å². The first-order valence-electron chi connectivity index (χ1n) is 3.52. The van der Waals surface area contributed by atoms with E-state index in [0.29, 0.717) is 5.69 Å². The summed E-state index contributed by atoms with van der Waals surface area (Å²) < 4.78 is 0. The Morgan fingerprint density at radius 1 is 1.23 bits per heavy atom. The van der Waals surface area contributed by atoms with Gasteiger partial charge in [-0.15, -0.1) is 0 Å². The molecular formula is C7H11N4O2-. The van der Waals surface area contributed by atoms with Gasteiger partial charge in [0.1, 0.15) is 0 Å². The Morgan fingerprint density at radius 2 is 1.85 bits per heavy atom. The third kappa shape index (κ3) is 1.58. The zero-order valence-corrected chi connectivity index (χ0v) is 7.15. The molecule has 0 bridgehead atoms. The van der Waals surface area contributed by atoms with Gasteiger partial charge in [-0.2, -0.15) is 0 Å². The Bertz CT molecular complexity index is 316. The van der Waals surface area contributed by atoms with Crippen LogP contribution in [0.15, 0.2) is 12.1 Å². The van der Waals surface area contributed by atoms with Gasteiger partial charge in [-0.1, -0.05) is 0 Å². The number of hydrogen-bond donors (Lipinski definition) is 3. The number of rotatable bonds is 2. The van der Waals surface area contributed by atoms with Crippen LogP contribution in [0.25, 0.3) is 0 Å². The van der Waals surface area contributed by atoms with E-state index in [-0.39, 0.29) is 22.3 Å². The Kier molecular flexibility index (Phi) is 2.45. The number of hydrogen-bond acceptors (Lipinski definition) is 6. The number of nitrogens with zero attached hydrogens (tertiary/aromatic N) is 1. The molecule has 1 aromatic carbocycles. The molecule has 1 rings (SSSR count). The first-order valence-corrected chi connectivity index (χ1v) is 3.52. The first kappa shape index (κ1) is 9.43. The standard InChI is InChI=1S/C7H11N4O2/c1-13-11(12)5-3-2-4(8)6(9)7(5)10/h2-3H,8-10H2,1H3/q-1. The molecule has 0 radical (unpaired) electrons. The van der Waals surface area contributed by atoms with Crippen molar-refractivity contribution in [1.29, 1.82) is 0 Å². The van der Waals surface area contributed by atoms with Crippen LogP contribution in [0.5, 0.6) is 0 Å². The lowest BCUT2D eigenvalue weighted by atomic mass is 10.2. The molecule has 13 heavy (non-hydrogen) atoms. The SMILES string of the molecule is CON([O-])c1ccc(N)c(N)c1N. The van der Waals surface area contributed by atoms with Gasteiger partial charge in [0.25, 0.3) is 0 Å². The fourth-order valence-electron chi connectivity index (χ4n) is 0.899. The highest BCUT2D eigenvalue weighted by atomic mass is 16.9. The molecule has 0 aliphatic rings. The third-order valence-corrected chi connectivity index (χ3v) is 1.66. The predicted octanol–water partition coefficient (Wildman–Crippen LogP) is 0.299. The summed E-state index contributed by atoms with van der Waals surface area (Å²) in [6, 6.07) is 2.93. The summed E-state index contributed by atoms with van der Waals surface area (Å²) in [6.45, 7) is 0. The van der Waals surface area contributed by atoms with Crippen LogP contribution >= 0.6 is 0 Å². The average molecular weight is 183 g/mol. The second kappa shape index (κ2) is 3.38. The molecule has 0 fully saturated rings. The summed E-state index contributed by atoms with van der Waals surface area (Å²) in [4.78, 5) is 4.41. The molecule has 0 heterocycles. The van der Waals surface area contributed by atoms with Gasteiger partial charge in [0.2, 0.25) is 0 Å². The largest absolute Gasteiger partial charge is 0.733 e. The van der Waals surface area contributed by atoms with Crippen molar-refractivity contribution in [2.75, 3.05) is 29.5 Å². The molecule has 72 valence electrons. The molecule has 0 spiro atoms. The maximum atomic E-state index is 11.0. The topological polar surface area (TPSA) is 114 Å². The molecular weight excluding hydrogens is 172 g/mol. The predicted molar refractivity (Wildman–Crippen MR) is 52.5 cm³/mol. The minimum atomic E-state index is 0.122. The molecule has 0 amide bonds. The second-order valence-corrected chi connectivity index (χ2v) is 2.44. The van der Waals surface area contributed by atoms with E-state index in [4.69, 9.17) is 17.2 Å². The van der Waals surface area contributed by atoms with Crippen molar-refractivity contribution in [3.8, 4) is 0 Å². The molecule has 6 N–H and O–H groups in total. The van der Waals surface area contributed by atoms with Crippen molar-refractivity contribution < 1.29 is 4.84 Å². The van der Waals surface area contributed by atoms with Gasteiger partial charge < -0.3 is 27.6 Å². The van der Waals surface area contributed by atoms with Crippen molar-refractivity contribution in [3.63, 3.8) is 0 Å². The molecule has 0 saturated heterocycles. The summed E-state index contributed by atoms with van der Waals surface area (Å²) in [6.07, 6.45) is 0. The molecule has 0 aromatic heterocycles. The van der Waals surface area contributed by atoms with Gasteiger partial charge in [0, 0.05) is 0 Å². The molecule has 0 aliphatic carbocycles. The van der Waals surface area contributed by atoms with E-state index in [2.05, 4.69) is 4.84 Å². The summed E-state index contributed by atoms with van der Waals surface area (Å²) in [5.74, 6) is 0. The molecule has 0 saturated carbocycles. The van der Waals surface area contributed by atoms with E-state index < -0.39 is 0 Å². The molecule has 0 atom stereocenters. The van der Waals surface area contributed by atoms with Gasteiger partial charge in [-0.3, -0.25) is 4.84 Å². The fraction of sp³-hybridized carbons (Fsp3) is 0.143. The van der Waals surface area contributed by atoms with Crippen LogP contribution in [-0.2, 0) is 4.84 Å². The van der Waals surface area contributed by atoms with E-state index in [1.165, 1.54) is 19.2 Å². The Morgan fingerprint density at radius 3 is 2.38 bits per heavy atom. The van der Waals surface area contributed by atoms with Crippen molar-refractivity contribution in [2.45, 2.75) is 0 Å². The second-order valence-electron chi connectivity index (χ2n) is 2.44. The summed E-state index contributed by atoms with van der Waals surface area (Å²) in [7, 11) is 1.24. The van der Waals surface area contributed by atoms with E-state index in [1.54, 1.807) is 0 Å². The van der Waals surface area contributed by atoms with Crippen molar-refractivity contribution >= 4 is 22.7 Å². The van der Waals surface area contributed by atoms with Gasteiger partial charge in [-0.25, -0.2) is 0 Å². The van der Waals surface area contributed by atoms with Crippen LogP contribution in [0.3, 0.4) is 0 Å². The van der Waals surface area contributed by atoms with Gasteiger partial charge >= 0.3 is 0 Å². The zero-order valence-electron chi connectivity index (χ0n) is 7.15. The third-order valence-electron chi connectivity index (χ3n) is 1.66. The van der Waals surface area contributed by atoms with E-state index in [0.717, 1.165) is 0 Å². The van der Waals surface area contributed by atoms with Gasteiger partial charge in [-0.05, 0) is 12.1 Å². The highest BCUT2D eigenvalue weighted by molar-refractivity contribution is 5.87. The fourth-order valence-corrected chi connectivity index (χ4v) is 0.899. The smallest absolute Gasteiger partial charge is 0.0820 e. The average Bonchev–Trinajstić information content (AvgIpc) is 2.13.